The summed E-state index contributed by atoms with van der Waals surface area (Å²) in [4.78, 5) is 23.1. The molecule has 1 fully saturated rings. The number of nitrogens with zero attached hydrogens (tertiary/aromatic N) is 1. The van der Waals surface area contributed by atoms with Crippen LogP contribution < -0.4 is 10.1 Å². The zero-order valence-corrected chi connectivity index (χ0v) is 21.3. The fourth-order valence-electron chi connectivity index (χ4n) is 3.59. The van der Waals surface area contributed by atoms with E-state index in [9.17, 15) is 27.5 Å². The summed E-state index contributed by atoms with van der Waals surface area (Å²) in [6, 6.07) is 11.8. The van der Waals surface area contributed by atoms with Crippen LogP contribution in [0.4, 0.5) is 17.6 Å². The number of carboxylic acids is 1. The molecule has 0 unspecified atom stereocenters. The van der Waals surface area contributed by atoms with Gasteiger partial charge in [-0.15, -0.1) is 0 Å². The molecule has 3 N–H and O–H groups in total. The second-order valence-electron chi connectivity index (χ2n) is 8.48. The summed E-state index contributed by atoms with van der Waals surface area (Å²) in [6.45, 7) is 3.13. The third kappa shape index (κ3) is 10.8. The number of likely N-dealkylation sites (tertiary alicyclic amines) is 1. The van der Waals surface area contributed by atoms with Crippen LogP contribution in [0.15, 0.2) is 42.5 Å². The first-order valence-corrected chi connectivity index (χ1v) is 12.0. The molecule has 0 amide bonds. The molecule has 0 aliphatic carbocycles. The zero-order chi connectivity index (χ0) is 28.3. The summed E-state index contributed by atoms with van der Waals surface area (Å²) in [5, 5.41) is 21.5. The molecule has 1 saturated heterocycles. The lowest BCUT2D eigenvalue weighted by Crippen LogP contribution is -2.45. The number of aliphatic hydroxyl groups excluding tert-OH is 1. The van der Waals surface area contributed by atoms with Gasteiger partial charge >= 0.3 is 18.1 Å². The molecular weight excluding hydrogens is 536 g/mol. The van der Waals surface area contributed by atoms with E-state index >= 15 is 0 Å². The molecule has 3 rings (SSSR count). The van der Waals surface area contributed by atoms with Gasteiger partial charge in [0.2, 0.25) is 0 Å². The van der Waals surface area contributed by atoms with Gasteiger partial charge in [-0.05, 0) is 55.8 Å². The van der Waals surface area contributed by atoms with Gasteiger partial charge in [0.25, 0.3) is 0 Å². The first-order chi connectivity index (χ1) is 17.9. The molecule has 2 aromatic rings. The lowest BCUT2D eigenvalue weighted by Gasteiger charge is -2.33. The molecule has 0 aromatic heterocycles. The van der Waals surface area contributed by atoms with Crippen LogP contribution in [0.5, 0.6) is 5.75 Å². The molecule has 210 valence electrons. The summed E-state index contributed by atoms with van der Waals surface area (Å²) in [5.74, 6) is -3.84. The fraction of sp³-hybridized carbons (Fsp3) is 0.440. The fourth-order valence-corrected chi connectivity index (χ4v) is 3.71. The summed E-state index contributed by atoms with van der Waals surface area (Å²) >= 11 is 5.94. The van der Waals surface area contributed by atoms with Crippen molar-refractivity contribution >= 4 is 23.5 Å². The van der Waals surface area contributed by atoms with E-state index in [4.69, 9.17) is 26.2 Å². The Hall–Kier alpha value is -2.93. The van der Waals surface area contributed by atoms with E-state index in [0.29, 0.717) is 12.6 Å². The molecular formula is C25H29ClF4N2O6. The molecule has 0 bridgehead atoms. The van der Waals surface area contributed by atoms with Crippen molar-refractivity contribution in [3.05, 3.63) is 64.4 Å². The minimum absolute atomic E-state index is 0.0569. The lowest BCUT2D eigenvalue weighted by molar-refractivity contribution is -0.192. The lowest BCUT2D eigenvalue weighted by atomic mass is 10.0. The number of carbonyl (C=O) groups excluding carboxylic acids is 1. The number of carboxylic acid groups (broad SMARTS) is 1. The highest BCUT2D eigenvalue weighted by Crippen LogP contribution is 2.21. The van der Waals surface area contributed by atoms with Crippen LogP contribution in [0, 0.1) is 5.82 Å². The number of alkyl halides is 3. The number of halogens is 5. The van der Waals surface area contributed by atoms with Gasteiger partial charge in [0, 0.05) is 30.2 Å². The average molecular weight is 565 g/mol. The van der Waals surface area contributed by atoms with E-state index < -0.39 is 30.0 Å². The average Bonchev–Trinajstić information content (AvgIpc) is 2.88. The van der Waals surface area contributed by atoms with Gasteiger partial charge in [-0.3, -0.25) is 4.90 Å². The van der Waals surface area contributed by atoms with Crippen LogP contribution in [0.2, 0.25) is 5.02 Å². The van der Waals surface area contributed by atoms with Crippen LogP contribution in [-0.4, -0.2) is 78.7 Å². The van der Waals surface area contributed by atoms with Gasteiger partial charge in [-0.1, -0.05) is 23.7 Å². The van der Waals surface area contributed by atoms with E-state index in [1.807, 2.05) is 24.3 Å². The first kappa shape index (κ1) is 31.3. The smallest absolute Gasteiger partial charge is 0.490 e. The minimum atomic E-state index is -5.08. The quantitative estimate of drug-likeness (QED) is 0.311. The number of piperidine rings is 1. The normalized spacial score (nSPS) is 15.2. The molecule has 0 saturated carbocycles. The largest absolute Gasteiger partial charge is 0.490 e. The van der Waals surface area contributed by atoms with Gasteiger partial charge in [0.15, 0.2) is 0 Å². The number of hydrogen-bond acceptors (Lipinski definition) is 7. The SMILES string of the molecule is COC(=O)c1ccc(F)cc1OC[C@@H](O)CNC1CCN(Cc2ccc(Cl)cc2)CC1.O=C(O)C(F)(F)F. The number of nitrogens with one attached hydrogen (secondary N) is 1. The molecule has 2 aromatic carbocycles. The number of esters is 1. The van der Waals surface area contributed by atoms with E-state index in [1.54, 1.807) is 0 Å². The molecule has 1 aliphatic rings. The Balaban J connectivity index is 0.000000638. The number of ether oxygens (including phenoxy) is 2. The van der Waals surface area contributed by atoms with E-state index in [2.05, 4.69) is 15.0 Å². The Morgan fingerprint density at radius 2 is 1.76 bits per heavy atom. The van der Waals surface area contributed by atoms with Gasteiger partial charge in [0.05, 0.1) is 7.11 Å². The van der Waals surface area contributed by atoms with Crippen molar-refractivity contribution in [3.63, 3.8) is 0 Å². The highest BCUT2D eigenvalue weighted by molar-refractivity contribution is 6.30. The Bertz CT molecular complexity index is 1050. The number of benzene rings is 2. The van der Waals surface area contributed by atoms with Crippen LogP contribution >= 0.6 is 11.6 Å². The van der Waals surface area contributed by atoms with Gasteiger partial charge < -0.3 is 25.0 Å². The molecule has 38 heavy (non-hydrogen) atoms. The molecule has 1 atom stereocenters. The maximum atomic E-state index is 13.5. The molecule has 0 radical (unpaired) electrons. The van der Waals surface area contributed by atoms with Crippen LogP contribution in [0.25, 0.3) is 0 Å². The molecule has 1 heterocycles. The molecule has 1 aliphatic heterocycles. The van der Waals surface area contributed by atoms with Crippen LogP contribution in [0.1, 0.15) is 28.8 Å². The maximum Gasteiger partial charge on any atom is 0.490 e. The number of aliphatic carboxylic acids is 1. The monoisotopic (exact) mass is 564 g/mol. The van der Waals surface area contributed by atoms with Crippen LogP contribution in [0.3, 0.4) is 0 Å². The van der Waals surface area contributed by atoms with Crippen LogP contribution in [-0.2, 0) is 16.1 Å². The zero-order valence-electron chi connectivity index (χ0n) is 20.5. The van der Waals surface area contributed by atoms with Gasteiger partial charge in [-0.2, -0.15) is 13.2 Å². The third-order valence-corrected chi connectivity index (χ3v) is 5.82. The summed E-state index contributed by atoms with van der Waals surface area (Å²) in [6.07, 6.45) is -3.91. The topological polar surface area (TPSA) is 108 Å². The highest BCUT2D eigenvalue weighted by atomic mass is 35.5. The molecule has 13 heteroatoms. The number of hydrogen-bond donors (Lipinski definition) is 3. The predicted octanol–water partition coefficient (Wildman–Crippen LogP) is 3.89. The van der Waals surface area contributed by atoms with Crippen molar-refractivity contribution in [1.29, 1.82) is 0 Å². The Morgan fingerprint density at radius 1 is 1.16 bits per heavy atom. The van der Waals surface area contributed by atoms with Crippen molar-refractivity contribution < 1.29 is 46.8 Å². The number of carbonyl (C=O) groups is 2. The number of rotatable bonds is 9. The van der Waals surface area contributed by atoms with Gasteiger partial charge in [-0.25, -0.2) is 14.0 Å². The minimum Gasteiger partial charge on any atom is -0.490 e. The second-order valence-corrected chi connectivity index (χ2v) is 8.92. The highest BCUT2D eigenvalue weighted by Gasteiger charge is 2.38. The standard InChI is InChI=1S/C23H28ClFN2O4.C2HF3O2/c1-30-23(29)21-7-6-18(25)12-22(21)31-15-20(28)13-26-19-8-10-27(11-9-19)14-16-2-4-17(24)5-3-16;3-2(4,5)1(6)7/h2-7,12,19-20,26,28H,8-11,13-15H2,1H3;(H,6,7)/t20-;/m0./s1. The Labute approximate surface area is 222 Å². The molecule has 8 nitrogen and oxygen atoms in total. The van der Waals surface area contributed by atoms with E-state index in [1.165, 1.54) is 18.7 Å². The summed E-state index contributed by atoms with van der Waals surface area (Å²) in [7, 11) is 1.25. The van der Waals surface area contributed by atoms with E-state index in [0.717, 1.165) is 49.6 Å². The predicted molar refractivity (Wildman–Crippen MR) is 131 cm³/mol. The number of methoxy groups -OCH3 is 1. The van der Waals surface area contributed by atoms with Crippen molar-refractivity contribution in [1.82, 2.24) is 10.2 Å². The maximum absolute atomic E-state index is 13.5. The second kappa shape index (κ2) is 14.9. The Morgan fingerprint density at radius 3 is 2.32 bits per heavy atom. The van der Waals surface area contributed by atoms with Crippen molar-refractivity contribution in [2.24, 2.45) is 0 Å². The first-order valence-electron chi connectivity index (χ1n) is 11.6. The summed E-state index contributed by atoms with van der Waals surface area (Å²) in [5.41, 5.74) is 1.36. The number of aliphatic hydroxyl groups is 1. The van der Waals surface area contributed by atoms with E-state index in [-0.39, 0.29) is 17.9 Å². The molecule has 0 spiro atoms. The van der Waals surface area contributed by atoms with Crippen molar-refractivity contribution in [3.8, 4) is 5.75 Å². The summed E-state index contributed by atoms with van der Waals surface area (Å²) < 4.78 is 55.4. The Kier molecular flexibility index (Phi) is 12.2. The third-order valence-electron chi connectivity index (χ3n) is 5.57. The van der Waals surface area contributed by atoms with Crippen molar-refractivity contribution in [2.75, 3.05) is 33.4 Å². The van der Waals surface area contributed by atoms with Crippen molar-refractivity contribution in [2.45, 2.75) is 37.7 Å². The van der Waals surface area contributed by atoms with Gasteiger partial charge in [0.1, 0.15) is 29.8 Å².